The third kappa shape index (κ3) is 6.16. The number of nitrogens with one attached hydrogen (secondary N) is 2. The van der Waals surface area contributed by atoms with E-state index in [1.807, 2.05) is 6.07 Å². The van der Waals surface area contributed by atoms with Crippen LogP contribution >= 0.6 is 22.6 Å². The quantitative estimate of drug-likeness (QED) is 0.303. The number of aromatic nitrogens is 2. The maximum Gasteiger partial charge on any atom is 0.251 e. The molecule has 1 fully saturated rings. The molecule has 2 aromatic heterocycles. The van der Waals surface area contributed by atoms with Gasteiger partial charge in [0.25, 0.3) is 5.91 Å². The second-order valence-electron chi connectivity index (χ2n) is 9.32. The van der Waals surface area contributed by atoms with Crippen molar-refractivity contribution in [2.45, 2.75) is 51.0 Å². The summed E-state index contributed by atoms with van der Waals surface area (Å²) in [6, 6.07) is 7.99. The van der Waals surface area contributed by atoms with Crippen LogP contribution in [0, 0.1) is 3.57 Å². The zero-order chi connectivity index (χ0) is 24.9. The lowest BCUT2D eigenvalue weighted by atomic mass is 9.93. The van der Waals surface area contributed by atoms with Crippen LogP contribution in [0.15, 0.2) is 47.5 Å². The molecule has 0 radical (unpaired) electrons. The fraction of sp³-hybridized carbons (Fsp3) is 0.423. The molecule has 1 atom stereocenters. The lowest BCUT2D eigenvalue weighted by Gasteiger charge is -2.31. The highest BCUT2D eigenvalue weighted by atomic mass is 127. The van der Waals surface area contributed by atoms with E-state index in [-0.39, 0.29) is 12.5 Å². The summed E-state index contributed by atoms with van der Waals surface area (Å²) in [6.07, 6.45) is 8.42. The number of oxazole rings is 1. The zero-order valence-corrected chi connectivity index (χ0v) is 22.1. The number of hydrogen-bond donors (Lipinski definition) is 3. The van der Waals surface area contributed by atoms with Crippen molar-refractivity contribution in [3.8, 4) is 5.75 Å². The molecule has 3 N–H and O–H groups in total. The Bertz CT molecular complexity index is 1190. The van der Waals surface area contributed by atoms with E-state index in [1.165, 1.54) is 23.9 Å². The van der Waals surface area contributed by atoms with Gasteiger partial charge in [0.2, 0.25) is 0 Å². The van der Waals surface area contributed by atoms with Crippen LogP contribution in [0.4, 0.5) is 5.82 Å². The molecule has 1 aromatic carbocycles. The summed E-state index contributed by atoms with van der Waals surface area (Å²) in [4.78, 5) is 23.0. The van der Waals surface area contributed by atoms with Crippen molar-refractivity contribution < 1.29 is 19.1 Å². The summed E-state index contributed by atoms with van der Waals surface area (Å²) in [5.74, 6) is 2.04. The van der Waals surface area contributed by atoms with E-state index in [2.05, 4.69) is 54.2 Å². The van der Waals surface area contributed by atoms with Gasteiger partial charge in [0.1, 0.15) is 18.2 Å². The number of hydrogen-bond acceptors (Lipinski definition) is 8. The Hall–Kier alpha value is -2.70. The highest BCUT2D eigenvalue weighted by molar-refractivity contribution is 14.1. The Morgan fingerprint density at radius 1 is 1.33 bits per heavy atom. The van der Waals surface area contributed by atoms with Crippen molar-refractivity contribution >= 4 is 34.3 Å². The van der Waals surface area contributed by atoms with E-state index < -0.39 is 6.10 Å². The van der Waals surface area contributed by atoms with Gasteiger partial charge < -0.3 is 24.9 Å². The van der Waals surface area contributed by atoms with Crippen LogP contribution in [0.3, 0.4) is 0 Å². The lowest BCUT2D eigenvalue weighted by molar-refractivity contribution is 0.0841. The number of fused-ring (bicyclic) bond motifs is 1. The standard InChI is InChI=1S/C26H30IN5O4/c27-25-22-7-9-32(13-18(22)4-5-23(25)35-15-21-12-28-16-36-21)14-20(33)11-30-26(34)17-6-8-29-24(10-17)31-19-2-1-3-19/h4-6,8,10,12,16,19-20,33H,1-3,7,9,11,13-15H2,(H,29,31)(H,30,34)/t20-/m0/s1. The molecule has 190 valence electrons. The first-order valence-electron chi connectivity index (χ1n) is 12.3. The molecule has 0 unspecified atom stereocenters. The number of aliphatic hydroxyl groups excluding tert-OH is 1. The fourth-order valence-corrected chi connectivity index (χ4v) is 5.42. The van der Waals surface area contributed by atoms with E-state index in [0.29, 0.717) is 30.5 Å². The summed E-state index contributed by atoms with van der Waals surface area (Å²) >= 11 is 2.34. The predicted molar refractivity (Wildman–Crippen MR) is 143 cm³/mol. The van der Waals surface area contributed by atoms with Crippen LogP contribution in [0.1, 0.15) is 46.5 Å². The molecule has 3 heterocycles. The number of carbonyl (C=O) groups excluding carboxylic acids is 1. The number of amides is 1. The molecule has 0 saturated heterocycles. The Morgan fingerprint density at radius 3 is 3.00 bits per heavy atom. The highest BCUT2D eigenvalue weighted by Crippen LogP contribution is 2.31. The number of β-amino-alcohol motifs (C(OH)–C–C–N with tert-alkyl or cyclic N) is 1. The first-order valence-corrected chi connectivity index (χ1v) is 13.3. The topological polar surface area (TPSA) is 113 Å². The molecule has 1 aliphatic carbocycles. The first kappa shape index (κ1) is 25.0. The highest BCUT2D eigenvalue weighted by Gasteiger charge is 2.23. The minimum Gasteiger partial charge on any atom is -0.484 e. The molecule has 5 rings (SSSR count). The molecule has 1 aliphatic heterocycles. The molecule has 1 amide bonds. The monoisotopic (exact) mass is 603 g/mol. The lowest BCUT2D eigenvalue weighted by Crippen LogP contribution is -2.42. The molecule has 0 bridgehead atoms. The summed E-state index contributed by atoms with van der Waals surface area (Å²) in [5.41, 5.74) is 3.06. The van der Waals surface area contributed by atoms with Gasteiger partial charge in [0.05, 0.1) is 15.9 Å². The van der Waals surface area contributed by atoms with Crippen molar-refractivity contribution in [2.24, 2.45) is 0 Å². The number of carbonyl (C=O) groups is 1. The van der Waals surface area contributed by atoms with Crippen molar-refractivity contribution in [3.05, 3.63) is 69.1 Å². The summed E-state index contributed by atoms with van der Waals surface area (Å²) < 4.78 is 12.3. The van der Waals surface area contributed by atoms with Crippen LogP contribution < -0.4 is 15.4 Å². The van der Waals surface area contributed by atoms with Gasteiger partial charge in [-0.2, -0.15) is 0 Å². The summed E-state index contributed by atoms with van der Waals surface area (Å²) in [5, 5.41) is 16.8. The Morgan fingerprint density at radius 2 is 2.22 bits per heavy atom. The Balaban J connectivity index is 1.10. The maximum absolute atomic E-state index is 12.6. The van der Waals surface area contributed by atoms with Crippen LogP contribution in [0.5, 0.6) is 5.75 Å². The number of anilines is 1. The fourth-order valence-electron chi connectivity index (χ4n) is 4.47. The third-order valence-electron chi connectivity index (χ3n) is 6.68. The van der Waals surface area contributed by atoms with Crippen molar-refractivity contribution in [3.63, 3.8) is 0 Å². The minimum absolute atomic E-state index is 0.196. The zero-order valence-electron chi connectivity index (χ0n) is 20.0. The number of pyridine rings is 1. The van der Waals surface area contributed by atoms with E-state index in [1.54, 1.807) is 24.5 Å². The first-order chi connectivity index (χ1) is 17.5. The number of benzene rings is 1. The molecule has 2 aliphatic rings. The van der Waals surface area contributed by atoms with Crippen LogP contribution in [-0.2, 0) is 19.6 Å². The molecule has 36 heavy (non-hydrogen) atoms. The predicted octanol–water partition coefficient (Wildman–Crippen LogP) is 3.37. The second-order valence-corrected chi connectivity index (χ2v) is 10.4. The molecule has 1 saturated carbocycles. The van der Waals surface area contributed by atoms with Crippen LogP contribution in [0.25, 0.3) is 0 Å². The minimum atomic E-state index is -0.659. The number of nitrogens with zero attached hydrogens (tertiary/aromatic N) is 3. The smallest absolute Gasteiger partial charge is 0.251 e. The number of ether oxygens (including phenoxy) is 1. The van der Waals surface area contributed by atoms with E-state index in [9.17, 15) is 9.90 Å². The van der Waals surface area contributed by atoms with Crippen LogP contribution in [0.2, 0.25) is 0 Å². The molecule has 3 aromatic rings. The van der Waals surface area contributed by atoms with Gasteiger partial charge in [-0.15, -0.1) is 0 Å². The third-order valence-corrected chi connectivity index (χ3v) is 7.86. The number of rotatable bonds is 10. The van der Waals surface area contributed by atoms with E-state index >= 15 is 0 Å². The van der Waals surface area contributed by atoms with Gasteiger partial charge >= 0.3 is 0 Å². The Labute approximate surface area is 223 Å². The number of halogens is 1. The summed E-state index contributed by atoms with van der Waals surface area (Å²) in [6.45, 7) is 2.61. The average molecular weight is 603 g/mol. The van der Waals surface area contributed by atoms with Gasteiger partial charge in [-0.3, -0.25) is 9.69 Å². The molecular formula is C26H30IN5O4. The van der Waals surface area contributed by atoms with Gasteiger partial charge in [0, 0.05) is 44.0 Å². The normalized spacial score (nSPS) is 16.6. The summed E-state index contributed by atoms with van der Waals surface area (Å²) in [7, 11) is 0. The van der Waals surface area contributed by atoms with Crippen molar-refractivity contribution in [1.29, 1.82) is 0 Å². The van der Waals surface area contributed by atoms with E-state index in [4.69, 9.17) is 9.15 Å². The second kappa shape index (κ2) is 11.6. The largest absolute Gasteiger partial charge is 0.484 e. The van der Waals surface area contributed by atoms with Gasteiger partial charge in [-0.1, -0.05) is 6.07 Å². The SMILES string of the molecule is O=C(NC[C@H](O)CN1CCc2c(ccc(OCc3cnco3)c2I)C1)c1ccnc(NC2CCC2)c1. The van der Waals surface area contributed by atoms with Gasteiger partial charge in [0.15, 0.2) is 12.2 Å². The van der Waals surface area contributed by atoms with Crippen LogP contribution in [-0.4, -0.2) is 57.7 Å². The average Bonchev–Trinajstić information content (AvgIpc) is 3.38. The van der Waals surface area contributed by atoms with Gasteiger partial charge in [-0.05, 0) is 77.6 Å². The molecule has 9 nitrogen and oxygen atoms in total. The molecule has 10 heteroatoms. The van der Waals surface area contributed by atoms with Crippen molar-refractivity contribution in [1.82, 2.24) is 20.2 Å². The maximum atomic E-state index is 12.6. The molecule has 0 spiro atoms. The van der Waals surface area contributed by atoms with E-state index in [0.717, 1.165) is 47.5 Å². The van der Waals surface area contributed by atoms with Gasteiger partial charge in [-0.25, -0.2) is 9.97 Å². The molecular weight excluding hydrogens is 573 g/mol. The number of aliphatic hydroxyl groups is 1. The van der Waals surface area contributed by atoms with Crippen molar-refractivity contribution in [2.75, 3.05) is 25.0 Å². The Kier molecular flexibility index (Phi) is 8.02.